The summed E-state index contributed by atoms with van der Waals surface area (Å²) in [6, 6.07) is 0.238. The lowest BCUT2D eigenvalue weighted by molar-refractivity contribution is -0.147. The maximum atomic E-state index is 12.8. The standard InChI is InChI=1S/C17H31N3O2/c1-4-8-16(21)20-12-6-5-10-15(20)17(22)19(3)13-14-9-7-11-18(14)2/h14-15H,4-13H2,1-3H3/t14-,15+/m0/s1. The normalized spacial score (nSPS) is 26.2. The minimum absolute atomic E-state index is 0.129. The van der Waals surface area contributed by atoms with Gasteiger partial charge in [0.2, 0.25) is 11.8 Å². The van der Waals surface area contributed by atoms with Crippen molar-refractivity contribution in [2.75, 3.05) is 33.7 Å². The second-order valence-electron chi connectivity index (χ2n) is 6.84. The highest BCUT2D eigenvalue weighted by atomic mass is 16.2. The number of carbonyl (C=O) groups excluding carboxylic acids is 2. The van der Waals surface area contributed by atoms with Crippen molar-refractivity contribution in [1.82, 2.24) is 14.7 Å². The van der Waals surface area contributed by atoms with Crippen LogP contribution in [0.25, 0.3) is 0 Å². The number of rotatable bonds is 5. The van der Waals surface area contributed by atoms with Gasteiger partial charge in [-0.3, -0.25) is 9.59 Å². The molecule has 0 spiro atoms. The highest BCUT2D eigenvalue weighted by Gasteiger charge is 2.34. The van der Waals surface area contributed by atoms with E-state index in [9.17, 15) is 9.59 Å². The Bertz CT molecular complexity index is 399. The molecule has 0 saturated carbocycles. The van der Waals surface area contributed by atoms with Gasteiger partial charge in [0.05, 0.1) is 0 Å². The summed E-state index contributed by atoms with van der Waals surface area (Å²) in [5.74, 6) is 0.274. The largest absolute Gasteiger partial charge is 0.342 e. The number of carbonyl (C=O) groups is 2. The monoisotopic (exact) mass is 309 g/mol. The number of likely N-dealkylation sites (N-methyl/N-ethyl adjacent to an activating group) is 2. The summed E-state index contributed by atoms with van der Waals surface area (Å²) in [4.78, 5) is 31.1. The molecule has 126 valence electrons. The van der Waals surface area contributed by atoms with Crippen molar-refractivity contribution in [2.45, 2.75) is 64.0 Å². The Morgan fingerprint density at radius 3 is 2.55 bits per heavy atom. The van der Waals surface area contributed by atoms with Gasteiger partial charge in [-0.2, -0.15) is 0 Å². The van der Waals surface area contributed by atoms with Crippen LogP contribution in [0.15, 0.2) is 0 Å². The van der Waals surface area contributed by atoms with Gasteiger partial charge < -0.3 is 14.7 Å². The minimum atomic E-state index is -0.232. The zero-order valence-corrected chi connectivity index (χ0v) is 14.4. The van der Waals surface area contributed by atoms with Crippen LogP contribution in [0, 0.1) is 0 Å². The zero-order chi connectivity index (χ0) is 16.1. The van der Waals surface area contributed by atoms with Crippen molar-refractivity contribution in [3.8, 4) is 0 Å². The van der Waals surface area contributed by atoms with Crippen LogP contribution in [0.1, 0.15) is 51.9 Å². The van der Waals surface area contributed by atoms with Crippen LogP contribution in [0.4, 0.5) is 0 Å². The molecule has 0 radical (unpaired) electrons. The third kappa shape index (κ3) is 4.00. The second kappa shape index (κ2) is 7.95. The molecule has 0 N–H and O–H groups in total. The first-order chi connectivity index (χ1) is 10.5. The first-order valence-corrected chi connectivity index (χ1v) is 8.79. The third-order valence-corrected chi connectivity index (χ3v) is 5.10. The van der Waals surface area contributed by atoms with Crippen molar-refractivity contribution in [2.24, 2.45) is 0 Å². The molecule has 0 bridgehead atoms. The van der Waals surface area contributed by atoms with E-state index < -0.39 is 0 Å². The van der Waals surface area contributed by atoms with Gasteiger partial charge in [0, 0.05) is 32.6 Å². The maximum Gasteiger partial charge on any atom is 0.245 e. The Labute approximate surface area is 134 Å². The van der Waals surface area contributed by atoms with E-state index in [0.29, 0.717) is 12.5 Å². The van der Waals surface area contributed by atoms with E-state index in [1.54, 1.807) is 0 Å². The molecule has 0 unspecified atom stereocenters. The number of nitrogens with zero attached hydrogens (tertiary/aromatic N) is 3. The van der Waals surface area contributed by atoms with Gasteiger partial charge in [-0.25, -0.2) is 0 Å². The predicted molar refractivity (Wildman–Crippen MR) is 87.5 cm³/mol. The summed E-state index contributed by atoms with van der Waals surface area (Å²) in [6.45, 7) is 4.66. The molecule has 2 fully saturated rings. The SMILES string of the molecule is CCCC(=O)N1CCCC[C@@H]1C(=O)N(C)C[C@@H]1CCCN1C. The van der Waals surface area contributed by atoms with Crippen LogP contribution in [0.5, 0.6) is 0 Å². The molecule has 0 aromatic heterocycles. The molecule has 0 aromatic rings. The molecular weight excluding hydrogens is 278 g/mol. The van der Waals surface area contributed by atoms with Crippen LogP contribution in [-0.4, -0.2) is 72.3 Å². The fraction of sp³-hybridized carbons (Fsp3) is 0.882. The van der Waals surface area contributed by atoms with Crippen molar-refractivity contribution in [3.63, 3.8) is 0 Å². The minimum Gasteiger partial charge on any atom is -0.342 e. The van der Waals surface area contributed by atoms with Gasteiger partial charge in [0.15, 0.2) is 0 Å². The van der Waals surface area contributed by atoms with Crippen LogP contribution in [0.2, 0.25) is 0 Å². The fourth-order valence-corrected chi connectivity index (χ4v) is 3.71. The summed E-state index contributed by atoms with van der Waals surface area (Å²) >= 11 is 0. The summed E-state index contributed by atoms with van der Waals surface area (Å²) < 4.78 is 0. The smallest absolute Gasteiger partial charge is 0.245 e. The lowest BCUT2D eigenvalue weighted by Crippen LogP contribution is -2.53. The van der Waals surface area contributed by atoms with Crippen molar-refractivity contribution in [3.05, 3.63) is 0 Å². The maximum absolute atomic E-state index is 12.8. The molecule has 0 aliphatic carbocycles. The van der Waals surface area contributed by atoms with E-state index in [1.165, 1.54) is 6.42 Å². The number of hydrogen-bond donors (Lipinski definition) is 0. The lowest BCUT2D eigenvalue weighted by Gasteiger charge is -2.37. The van der Waals surface area contributed by atoms with Crippen LogP contribution in [0.3, 0.4) is 0 Å². The van der Waals surface area contributed by atoms with Crippen molar-refractivity contribution in [1.29, 1.82) is 0 Å². The summed E-state index contributed by atoms with van der Waals surface area (Å²) in [6.07, 6.45) is 6.67. The van der Waals surface area contributed by atoms with Crippen LogP contribution >= 0.6 is 0 Å². The Balaban J connectivity index is 1.97. The number of hydrogen-bond acceptors (Lipinski definition) is 3. The van der Waals surface area contributed by atoms with Gasteiger partial charge in [-0.15, -0.1) is 0 Å². The Morgan fingerprint density at radius 1 is 1.14 bits per heavy atom. The summed E-state index contributed by atoms with van der Waals surface area (Å²) in [7, 11) is 4.03. The highest BCUT2D eigenvalue weighted by molar-refractivity contribution is 5.87. The van der Waals surface area contributed by atoms with Gasteiger partial charge in [0.1, 0.15) is 6.04 Å². The van der Waals surface area contributed by atoms with Gasteiger partial charge in [0.25, 0.3) is 0 Å². The average molecular weight is 309 g/mol. The molecule has 2 aliphatic heterocycles. The molecule has 5 nitrogen and oxygen atoms in total. The van der Waals surface area contributed by atoms with Crippen LogP contribution < -0.4 is 0 Å². The number of amides is 2. The highest BCUT2D eigenvalue weighted by Crippen LogP contribution is 2.21. The molecular formula is C17H31N3O2. The van der Waals surface area contributed by atoms with E-state index in [1.807, 2.05) is 23.8 Å². The first-order valence-electron chi connectivity index (χ1n) is 8.79. The van der Waals surface area contributed by atoms with E-state index >= 15 is 0 Å². The summed E-state index contributed by atoms with van der Waals surface area (Å²) in [5, 5.41) is 0. The van der Waals surface area contributed by atoms with E-state index in [-0.39, 0.29) is 17.9 Å². The van der Waals surface area contributed by atoms with Crippen molar-refractivity contribution >= 4 is 11.8 Å². The fourth-order valence-electron chi connectivity index (χ4n) is 3.71. The Hall–Kier alpha value is -1.10. The molecule has 2 amide bonds. The van der Waals surface area contributed by atoms with E-state index in [0.717, 1.165) is 51.7 Å². The number of piperidine rings is 1. The molecule has 2 aliphatic rings. The van der Waals surface area contributed by atoms with E-state index in [4.69, 9.17) is 0 Å². The molecule has 2 atom stereocenters. The van der Waals surface area contributed by atoms with Crippen LogP contribution in [-0.2, 0) is 9.59 Å². The number of likely N-dealkylation sites (tertiary alicyclic amines) is 2. The van der Waals surface area contributed by atoms with Gasteiger partial charge in [-0.05, 0) is 52.1 Å². The third-order valence-electron chi connectivity index (χ3n) is 5.10. The van der Waals surface area contributed by atoms with Gasteiger partial charge in [-0.1, -0.05) is 6.92 Å². The van der Waals surface area contributed by atoms with E-state index in [2.05, 4.69) is 11.9 Å². The molecule has 22 heavy (non-hydrogen) atoms. The zero-order valence-electron chi connectivity index (χ0n) is 14.4. The molecule has 0 aromatic carbocycles. The van der Waals surface area contributed by atoms with Gasteiger partial charge >= 0.3 is 0 Å². The molecule has 5 heteroatoms. The van der Waals surface area contributed by atoms with Crippen molar-refractivity contribution < 1.29 is 9.59 Å². The second-order valence-corrected chi connectivity index (χ2v) is 6.84. The quantitative estimate of drug-likeness (QED) is 0.777. The molecule has 2 saturated heterocycles. The molecule has 2 heterocycles. The lowest BCUT2D eigenvalue weighted by atomic mass is 10.00. The topological polar surface area (TPSA) is 43.9 Å². The average Bonchev–Trinajstić information content (AvgIpc) is 2.92. The predicted octanol–water partition coefficient (Wildman–Crippen LogP) is 1.72. The first kappa shape index (κ1) is 17.3. The molecule has 2 rings (SSSR count). The summed E-state index contributed by atoms with van der Waals surface area (Å²) in [5.41, 5.74) is 0. The Morgan fingerprint density at radius 2 is 1.91 bits per heavy atom. The Kier molecular flexibility index (Phi) is 6.24.